The largest absolute Gasteiger partial charge is 0.435 e. The predicted molar refractivity (Wildman–Crippen MR) is 250 cm³/mol. The van der Waals surface area contributed by atoms with Crippen LogP contribution < -0.4 is 20.5 Å². The van der Waals surface area contributed by atoms with E-state index < -0.39 is 8.80 Å². The number of aromatic nitrogens is 1. The van der Waals surface area contributed by atoms with Gasteiger partial charge in [0.25, 0.3) is 0 Å². The first-order valence-electron chi connectivity index (χ1n) is 20.0. The Kier molecular flexibility index (Phi) is 8.68. The summed E-state index contributed by atoms with van der Waals surface area (Å²) in [6.07, 6.45) is 0. The fraction of sp³-hybridized carbons (Fsp3) is 0. The van der Waals surface area contributed by atoms with Crippen molar-refractivity contribution in [2.75, 3.05) is 4.90 Å². The first-order chi connectivity index (χ1) is 29.2. The van der Waals surface area contributed by atoms with Gasteiger partial charge in [-0.3, -0.25) is 0 Å². The van der Waals surface area contributed by atoms with Crippen molar-refractivity contribution in [3.8, 4) is 22.6 Å². The quantitative estimate of drug-likeness (QED) is 0.0876. The highest BCUT2D eigenvalue weighted by molar-refractivity contribution is 6.96. The summed E-state index contributed by atoms with van der Waals surface area (Å²) < 4.78 is 6.66. The molecule has 277 valence electrons. The van der Waals surface area contributed by atoms with Crippen molar-refractivity contribution in [1.82, 2.24) is 4.98 Å². The minimum absolute atomic E-state index is 0.625. The molecule has 0 unspecified atom stereocenters. The standard InChI is InChI=1S/C55H37N2OSi/c1-5-15-38(16-6-1)42-27-28-44-36-45(33-30-43(44)35-42)57(51-23-13-14-24-52(51)59(47-19-9-3-10-20-47)48-21-11-4-12-22-48)46-32-29-39-25-26-40-31-34-50-54(53(40)49(39)37-46)58-55(56-50)41-17-7-2-8-18-41/h1-37H. The van der Waals surface area contributed by atoms with E-state index in [-0.39, 0.29) is 0 Å². The maximum absolute atomic E-state index is 6.66. The molecule has 0 spiro atoms. The summed E-state index contributed by atoms with van der Waals surface area (Å²) in [6.45, 7) is 0. The molecule has 0 aliphatic heterocycles. The van der Waals surface area contributed by atoms with Gasteiger partial charge in [0.15, 0.2) is 14.4 Å². The number of oxazole rings is 1. The number of hydrogen-bond donors (Lipinski definition) is 0. The Labute approximate surface area is 344 Å². The summed E-state index contributed by atoms with van der Waals surface area (Å²) in [5.74, 6) is 0.625. The molecule has 0 N–H and O–H groups in total. The van der Waals surface area contributed by atoms with Crippen LogP contribution in [-0.2, 0) is 0 Å². The second-order valence-electron chi connectivity index (χ2n) is 14.9. The van der Waals surface area contributed by atoms with Crippen molar-refractivity contribution in [2.45, 2.75) is 0 Å². The highest BCUT2D eigenvalue weighted by Crippen LogP contribution is 2.41. The fourth-order valence-corrected chi connectivity index (χ4v) is 11.3. The minimum atomic E-state index is -1.44. The van der Waals surface area contributed by atoms with Crippen LogP contribution in [0.25, 0.3) is 66.0 Å². The number of fused-ring (bicyclic) bond motifs is 6. The Hall–Kier alpha value is -7.53. The van der Waals surface area contributed by atoms with Crippen LogP contribution in [0.15, 0.2) is 229 Å². The van der Waals surface area contributed by atoms with E-state index in [0.29, 0.717) is 5.89 Å². The average molecular weight is 770 g/mol. The van der Waals surface area contributed by atoms with Gasteiger partial charge in [-0.1, -0.05) is 180 Å². The van der Waals surface area contributed by atoms with E-state index in [1.165, 1.54) is 37.5 Å². The van der Waals surface area contributed by atoms with Crippen LogP contribution in [-0.4, -0.2) is 13.8 Å². The van der Waals surface area contributed by atoms with Gasteiger partial charge < -0.3 is 9.32 Å². The molecule has 11 rings (SSSR count). The van der Waals surface area contributed by atoms with E-state index in [1.807, 2.05) is 30.3 Å². The zero-order chi connectivity index (χ0) is 39.1. The average Bonchev–Trinajstić information content (AvgIpc) is 3.76. The van der Waals surface area contributed by atoms with Crippen molar-refractivity contribution in [3.63, 3.8) is 0 Å². The lowest BCUT2D eigenvalue weighted by molar-refractivity contribution is 0.623. The summed E-state index contributed by atoms with van der Waals surface area (Å²) >= 11 is 0. The maximum atomic E-state index is 6.66. The molecule has 0 amide bonds. The Morgan fingerprint density at radius 1 is 0.407 bits per heavy atom. The Bertz CT molecular complexity index is 3230. The third kappa shape index (κ3) is 6.37. The molecule has 0 aliphatic rings. The maximum Gasteiger partial charge on any atom is 0.227 e. The summed E-state index contributed by atoms with van der Waals surface area (Å²) in [7, 11) is -1.44. The van der Waals surface area contributed by atoms with Gasteiger partial charge in [-0.05, 0) is 97.8 Å². The molecule has 1 heterocycles. The van der Waals surface area contributed by atoms with Crippen LogP contribution in [0.3, 0.4) is 0 Å². The summed E-state index contributed by atoms with van der Waals surface area (Å²) in [4.78, 5) is 7.42. The molecule has 59 heavy (non-hydrogen) atoms. The van der Waals surface area contributed by atoms with Crippen LogP contribution in [0, 0.1) is 0 Å². The number of benzene rings is 10. The molecule has 0 saturated carbocycles. The topological polar surface area (TPSA) is 29.3 Å². The molecule has 11 aromatic rings. The number of nitrogens with zero attached hydrogens (tertiary/aromatic N) is 2. The monoisotopic (exact) mass is 769 g/mol. The molecule has 1 radical (unpaired) electrons. The van der Waals surface area contributed by atoms with E-state index >= 15 is 0 Å². The van der Waals surface area contributed by atoms with E-state index in [1.54, 1.807) is 0 Å². The number of hydrogen-bond acceptors (Lipinski definition) is 3. The number of anilines is 3. The second kappa shape index (κ2) is 14.8. The van der Waals surface area contributed by atoms with Gasteiger partial charge in [0.2, 0.25) is 5.89 Å². The molecule has 0 aliphatic carbocycles. The Morgan fingerprint density at radius 3 is 1.68 bits per heavy atom. The van der Waals surface area contributed by atoms with Gasteiger partial charge in [0, 0.05) is 28.0 Å². The fourth-order valence-electron chi connectivity index (χ4n) is 8.53. The zero-order valence-corrected chi connectivity index (χ0v) is 33.2. The molecule has 0 saturated heterocycles. The Morgan fingerprint density at radius 2 is 0.949 bits per heavy atom. The lowest BCUT2D eigenvalue weighted by Gasteiger charge is -2.30. The molecule has 10 aromatic carbocycles. The van der Waals surface area contributed by atoms with Crippen LogP contribution in [0.5, 0.6) is 0 Å². The smallest absolute Gasteiger partial charge is 0.227 e. The van der Waals surface area contributed by atoms with Gasteiger partial charge in [0.05, 0.1) is 0 Å². The van der Waals surface area contributed by atoms with Gasteiger partial charge in [-0.25, -0.2) is 4.98 Å². The van der Waals surface area contributed by atoms with Crippen LogP contribution in [0.2, 0.25) is 0 Å². The second-order valence-corrected chi connectivity index (χ2v) is 17.4. The highest BCUT2D eigenvalue weighted by atomic mass is 28.3. The summed E-state index contributed by atoms with van der Waals surface area (Å²) in [5, 5.41) is 10.8. The molecule has 4 heteroatoms. The van der Waals surface area contributed by atoms with Gasteiger partial charge in [-0.15, -0.1) is 0 Å². The zero-order valence-electron chi connectivity index (χ0n) is 32.2. The van der Waals surface area contributed by atoms with Crippen molar-refractivity contribution < 1.29 is 4.42 Å². The first-order valence-corrected chi connectivity index (χ1v) is 21.5. The lowest BCUT2D eigenvalue weighted by atomic mass is 9.99. The van der Waals surface area contributed by atoms with Crippen LogP contribution in [0.4, 0.5) is 17.1 Å². The van der Waals surface area contributed by atoms with E-state index in [9.17, 15) is 0 Å². The van der Waals surface area contributed by atoms with Crippen molar-refractivity contribution >= 4 is 84.8 Å². The van der Waals surface area contributed by atoms with Gasteiger partial charge in [0.1, 0.15) is 5.52 Å². The van der Waals surface area contributed by atoms with Crippen molar-refractivity contribution in [2.24, 2.45) is 0 Å². The molecular formula is C55H37N2OSi. The predicted octanol–water partition coefficient (Wildman–Crippen LogP) is 12.6. The minimum Gasteiger partial charge on any atom is -0.435 e. The molecule has 0 fully saturated rings. The van der Waals surface area contributed by atoms with Crippen LogP contribution in [0.1, 0.15) is 0 Å². The van der Waals surface area contributed by atoms with Crippen LogP contribution >= 0.6 is 0 Å². The molecular weight excluding hydrogens is 733 g/mol. The normalized spacial score (nSPS) is 11.5. The highest BCUT2D eigenvalue weighted by Gasteiger charge is 2.26. The van der Waals surface area contributed by atoms with E-state index in [2.05, 4.69) is 199 Å². The lowest BCUT2D eigenvalue weighted by Crippen LogP contribution is -2.53. The third-order valence-corrected chi connectivity index (χ3v) is 14.1. The molecule has 0 atom stereocenters. The molecule has 1 aromatic heterocycles. The first kappa shape index (κ1) is 34.7. The summed E-state index contributed by atoms with van der Waals surface area (Å²) in [5.41, 5.74) is 8.35. The van der Waals surface area contributed by atoms with Crippen molar-refractivity contribution in [3.05, 3.63) is 224 Å². The molecule has 3 nitrogen and oxygen atoms in total. The van der Waals surface area contributed by atoms with E-state index in [4.69, 9.17) is 9.40 Å². The SMILES string of the molecule is c1ccc(-c2ccc3cc(N(c4ccc5ccc6ccc7nc(-c8ccccc8)oc7c6c5c4)c4ccccc4[Si](c4ccccc4)c4ccccc4)ccc3c2)cc1. The van der Waals surface area contributed by atoms with E-state index in [0.717, 1.165) is 55.3 Å². The van der Waals surface area contributed by atoms with Crippen molar-refractivity contribution in [1.29, 1.82) is 0 Å². The van der Waals surface area contributed by atoms with Gasteiger partial charge in [-0.2, -0.15) is 0 Å². The molecule has 0 bridgehead atoms. The summed E-state index contributed by atoms with van der Waals surface area (Å²) in [6, 6.07) is 81.0. The van der Waals surface area contributed by atoms with Gasteiger partial charge >= 0.3 is 0 Å². The Balaban J connectivity index is 1.15. The number of rotatable bonds is 8. The number of para-hydroxylation sites is 1. The third-order valence-electron chi connectivity index (χ3n) is 11.3.